The van der Waals surface area contributed by atoms with Crippen molar-refractivity contribution in [2.75, 3.05) is 0 Å². The van der Waals surface area contributed by atoms with Crippen molar-refractivity contribution in [2.24, 2.45) is 10.8 Å². The summed E-state index contributed by atoms with van der Waals surface area (Å²) in [5.74, 6) is 0.0778. The second-order valence-electron chi connectivity index (χ2n) is 14.3. The van der Waals surface area contributed by atoms with Gasteiger partial charge in [-0.2, -0.15) is 0 Å². The average Bonchev–Trinajstić information content (AvgIpc) is 3.75. The number of ketones is 2. The van der Waals surface area contributed by atoms with Crippen LogP contribution in [0.4, 0.5) is 4.39 Å². The molecule has 0 bridgehead atoms. The van der Waals surface area contributed by atoms with E-state index in [1.54, 1.807) is 23.6 Å². The largest absolute Gasteiger partial charge is 0.294 e. The molecule has 0 fully saturated rings. The Bertz CT molecular complexity index is 2120. The van der Waals surface area contributed by atoms with Crippen molar-refractivity contribution >= 4 is 45.8 Å². The normalized spacial score (nSPS) is 15.9. The number of carbonyl (C=O) groups excluding carboxylic acids is 2. The number of fused-ring (bicyclic) bond motifs is 2. The molecule has 0 saturated carbocycles. The molecule has 0 aliphatic heterocycles. The fourth-order valence-electron chi connectivity index (χ4n) is 6.44. The zero-order valence-electron chi connectivity index (χ0n) is 28.1. The zero-order chi connectivity index (χ0) is 35.2. The summed E-state index contributed by atoms with van der Waals surface area (Å²) in [7, 11) is 0. The van der Waals surface area contributed by atoms with E-state index >= 15 is 0 Å². The van der Waals surface area contributed by atoms with Gasteiger partial charge in [-0.1, -0.05) is 63.6 Å². The molecule has 2 aromatic carbocycles. The van der Waals surface area contributed by atoms with Gasteiger partial charge in [0.05, 0.1) is 32.5 Å². The summed E-state index contributed by atoms with van der Waals surface area (Å²) < 4.78 is 13.4. The van der Waals surface area contributed by atoms with Gasteiger partial charge in [0.25, 0.3) is 0 Å². The van der Waals surface area contributed by atoms with Crippen molar-refractivity contribution in [2.45, 2.75) is 53.4 Å². The molecule has 0 N–H and O–H groups in total. The van der Waals surface area contributed by atoms with E-state index in [4.69, 9.17) is 21.6 Å². The van der Waals surface area contributed by atoms with Crippen LogP contribution in [0.3, 0.4) is 0 Å². The van der Waals surface area contributed by atoms with Gasteiger partial charge < -0.3 is 0 Å². The number of carbonyl (C=O) groups is 2. The maximum atomic E-state index is 13.4. The predicted octanol–water partition coefficient (Wildman–Crippen LogP) is 10.8. The number of halogens is 2. The Morgan fingerprint density at radius 2 is 1.12 bits per heavy atom. The Hall–Kier alpha value is -4.44. The molecule has 0 unspecified atom stereocenters. The van der Waals surface area contributed by atoms with Crippen LogP contribution in [0.25, 0.3) is 42.3 Å². The third-order valence-corrected chi connectivity index (χ3v) is 11.2. The van der Waals surface area contributed by atoms with Gasteiger partial charge in [0.1, 0.15) is 15.8 Å². The summed E-state index contributed by atoms with van der Waals surface area (Å²) in [6.07, 6.45) is 6.32. The van der Waals surface area contributed by atoms with Gasteiger partial charge in [0, 0.05) is 41.4 Å². The topological polar surface area (TPSA) is 85.7 Å². The lowest BCUT2D eigenvalue weighted by molar-refractivity contribution is 0.0900. The van der Waals surface area contributed by atoms with Gasteiger partial charge in [0.15, 0.2) is 11.6 Å². The smallest absolute Gasteiger partial charge is 0.165 e. The molecule has 0 saturated heterocycles. The minimum atomic E-state index is -0.264. The first kappa shape index (κ1) is 34.0. The van der Waals surface area contributed by atoms with Gasteiger partial charge in [-0.15, -0.1) is 22.7 Å². The Labute approximate surface area is 303 Å². The number of benzene rings is 2. The van der Waals surface area contributed by atoms with Crippen molar-refractivity contribution in [1.29, 1.82) is 0 Å². The van der Waals surface area contributed by atoms with Crippen LogP contribution in [0.2, 0.25) is 5.02 Å². The molecule has 0 atom stereocenters. The third-order valence-electron chi connectivity index (χ3n) is 8.79. The first-order chi connectivity index (χ1) is 23.8. The molecular weight excluding hydrogens is 687 g/mol. The van der Waals surface area contributed by atoms with Crippen LogP contribution < -0.4 is 0 Å². The Morgan fingerprint density at radius 3 is 1.60 bits per heavy atom. The summed E-state index contributed by atoms with van der Waals surface area (Å²) in [4.78, 5) is 45.0. The number of Topliss-reactive ketones (excluding diaryl/α,β-unsaturated/α-hetero) is 2. The highest BCUT2D eigenvalue weighted by Crippen LogP contribution is 2.38. The molecule has 2 aliphatic rings. The van der Waals surface area contributed by atoms with E-state index in [9.17, 15) is 14.0 Å². The summed E-state index contributed by atoms with van der Waals surface area (Å²) >= 11 is 9.13. The number of thiazole rings is 2. The quantitative estimate of drug-likeness (QED) is 0.180. The molecule has 0 amide bonds. The predicted molar refractivity (Wildman–Crippen MR) is 199 cm³/mol. The van der Waals surface area contributed by atoms with Crippen molar-refractivity contribution in [3.63, 3.8) is 0 Å². The van der Waals surface area contributed by atoms with E-state index in [-0.39, 0.29) is 28.2 Å². The molecule has 8 rings (SSSR count). The SMILES string of the molecule is CC1(C)CC(=O)c2ccc(-c3ncc(-c4cccc(Cl)c4)s3)nc2C1.CC1(C)CC(=O)c2ccc(-c3ncc(-c4cccc(F)c4)s3)nc2C1. The molecule has 6 nitrogen and oxygen atoms in total. The minimum Gasteiger partial charge on any atom is -0.294 e. The standard InChI is InChI=1S/C20H17ClN2OS.C20H17FN2OS/c2*1-20(2)9-16-14(17(24)10-20)6-7-15(23-16)19-22-11-18(25-19)12-4-3-5-13(21)8-12/h2*3-8,11H,9-10H2,1-2H3. The summed E-state index contributed by atoms with van der Waals surface area (Å²) in [6.45, 7) is 8.41. The van der Waals surface area contributed by atoms with Crippen LogP contribution in [0.5, 0.6) is 0 Å². The number of aromatic nitrogens is 4. The zero-order valence-corrected chi connectivity index (χ0v) is 30.5. The molecule has 4 heterocycles. The van der Waals surface area contributed by atoms with Gasteiger partial charge in [-0.25, -0.2) is 24.3 Å². The molecule has 10 heteroatoms. The van der Waals surface area contributed by atoms with Crippen LogP contribution in [0.1, 0.15) is 72.6 Å². The lowest BCUT2D eigenvalue weighted by atomic mass is 9.75. The summed E-state index contributed by atoms with van der Waals surface area (Å²) in [6, 6.07) is 21.7. The van der Waals surface area contributed by atoms with Crippen molar-refractivity contribution < 1.29 is 14.0 Å². The molecule has 2 aliphatic carbocycles. The van der Waals surface area contributed by atoms with E-state index in [2.05, 4.69) is 37.7 Å². The van der Waals surface area contributed by atoms with Crippen LogP contribution in [-0.2, 0) is 12.8 Å². The number of hydrogen-bond acceptors (Lipinski definition) is 8. The van der Waals surface area contributed by atoms with Gasteiger partial charge in [-0.3, -0.25) is 9.59 Å². The number of hydrogen-bond donors (Lipinski definition) is 0. The van der Waals surface area contributed by atoms with Gasteiger partial charge in [-0.05, 0) is 83.3 Å². The van der Waals surface area contributed by atoms with E-state index in [1.165, 1.54) is 23.5 Å². The second-order valence-corrected chi connectivity index (χ2v) is 16.8. The Kier molecular flexibility index (Phi) is 9.09. The van der Waals surface area contributed by atoms with Crippen LogP contribution >= 0.6 is 34.3 Å². The Balaban J connectivity index is 0.000000157. The first-order valence-electron chi connectivity index (χ1n) is 16.3. The average molecular weight is 721 g/mol. The fraction of sp³-hybridized carbons (Fsp3) is 0.250. The van der Waals surface area contributed by atoms with Crippen molar-refractivity contribution in [3.8, 4) is 42.3 Å². The molecule has 4 aromatic heterocycles. The van der Waals surface area contributed by atoms with Crippen molar-refractivity contribution in [3.05, 3.63) is 119 Å². The molecular formula is C40H34ClFN4O2S2. The van der Waals surface area contributed by atoms with E-state index in [1.807, 2.05) is 60.8 Å². The molecule has 6 aromatic rings. The molecule has 0 spiro atoms. The summed E-state index contributed by atoms with van der Waals surface area (Å²) in [5.41, 5.74) is 6.55. The number of rotatable bonds is 4. The first-order valence-corrected chi connectivity index (χ1v) is 18.3. The Morgan fingerprint density at radius 1 is 0.640 bits per heavy atom. The lowest BCUT2D eigenvalue weighted by Gasteiger charge is -2.29. The van der Waals surface area contributed by atoms with Gasteiger partial charge in [0.2, 0.25) is 0 Å². The summed E-state index contributed by atoms with van der Waals surface area (Å²) in [5, 5.41) is 2.34. The fourth-order valence-corrected chi connectivity index (χ4v) is 8.40. The number of pyridine rings is 2. The maximum Gasteiger partial charge on any atom is 0.165 e. The van der Waals surface area contributed by atoms with E-state index < -0.39 is 0 Å². The maximum absolute atomic E-state index is 13.4. The molecule has 50 heavy (non-hydrogen) atoms. The molecule has 0 radical (unpaired) electrons. The molecule has 252 valence electrons. The lowest BCUT2D eigenvalue weighted by Crippen LogP contribution is -2.27. The minimum absolute atomic E-state index is 0.0372. The van der Waals surface area contributed by atoms with Crippen LogP contribution in [0.15, 0.2) is 85.2 Å². The van der Waals surface area contributed by atoms with Crippen LogP contribution in [-0.4, -0.2) is 31.5 Å². The number of nitrogens with zero attached hydrogens (tertiary/aromatic N) is 4. The van der Waals surface area contributed by atoms with E-state index in [0.717, 1.165) is 77.6 Å². The van der Waals surface area contributed by atoms with Crippen LogP contribution in [0, 0.1) is 16.6 Å². The highest BCUT2D eigenvalue weighted by Gasteiger charge is 2.33. The third kappa shape index (κ3) is 7.36. The van der Waals surface area contributed by atoms with Gasteiger partial charge >= 0.3 is 0 Å². The second kappa shape index (κ2) is 13.4. The van der Waals surface area contributed by atoms with Crippen molar-refractivity contribution in [1.82, 2.24) is 19.9 Å². The highest BCUT2D eigenvalue weighted by molar-refractivity contribution is 7.18. The highest BCUT2D eigenvalue weighted by atomic mass is 35.5. The monoisotopic (exact) mass is 720 g/mol. The van der Waals surface area contributed by atoms with E-state index in [0.29, 0.717) is 17.9 Å².